The molecule has 164 valence electrons. The lowest BCUT2D eigenvalue weighted by atomic mass is 9.97. The van der Waals surface area contributed by atoms with Gasteiger partial charge in [0.15, 0.2) is 0 Å². The number of aliphatic hydroxyl groups excluding tert-OH is 1. The van der Waals surface area contributed by atoms with E-state index < -0.39 is 0 Å². The van der Waals surface area contributed by atoms with Crippen LogP contribution in [0, 0.1) is 0 Å². The normalized spacial score (nSPS) is 21.3. The average molecular weight is 490 g/mol. The molecule has 1 saturated heterocycles. The van der Waals surface area contributed by atoms with E-state index in [0.717, 1.165) is 55.4 Å². The molecule has 1 saturated carbocycles. The topological polar surface area (TPSA) is 63.0 Å². The van der Waals surface area contributed by atoms with E-state index in [1.807, 2.05) is 24.7 Å². The molecule has 3 aromatic rings. The molecule has 0 amide bonds. The predicted molar refractivity (Wildman–Crippen MR) is 129 cm³/mol. The number of hydrogen-bond acceptors (Lipinski definition) is 5. The number of nitrogens with one attached hydrogen (secondary N) is 1. The van der Waals surface area contributed by atoms with E-state index in [4.69, 9.17) is 11.6 Å². The van der Waals surface area contributed by atoms with Crippen molar-refractivity contribution in [2.45, 2.75) is 63.1 Å². The molecule has 30 heavy (non-hydrogen) atoms. The Hall–Kier alpha value is -0.890. The van der Waals surface area contributed by atoms with Gasteiger partial charge >= 0.3 is 0 Å². The number of imidazole rings is 1. The summed E-state index contributed by atoms with van der Waals surface area (Å²) >= 11 is 8.17. The third-order valence-corrected chi connectivity index (χ3v) is 7.27. The molecule has 2 aromatic heterocycles. The van der Waals surface area contributed by atoms with Crippen molar-refractivity contribution in [2.75, 3.05) is 6.54 Å². The first-order chi connectivity index (χ1) is 13.7. The predicted octanol–water partition coefficient (Wildman–Crippen LogP) is 5.43. The minimum atomic E-state index is -0.222. The summed E-state index contributed by atoms with van der Waals surface area (Å²) in [5.41, 5.74) is 3.19. The van der Waals surface area contributed by atoms with Crippen LogP contribution in [0.2, 0.25) is 5.02 Å². The van der Waals surface area contributed by atoms with Crippen molar-refractivity contribution in [2.24, 2.45) is 0 Å². The fourth-order valence-electron chi connectivity index (χ4n) is 4.18. The van der Waals surface area contributed by atoms with E-state index >= 15 is 0 Å². The lowest BCUT2D eigenvalue weighted by molar-refractivity contribution is 0.0909. The van der Waals surface area contributed by atoms with Gasteiger partial charge in [-0.3, -0.25) is 0 Å². The van der Waals surface area contributed by atoms with Crippen LogP contribution in [0.1, 0.15) is 49.5 Å². The zero-order chi connectivity index (χ0) is 19.1. The first-order valence-corrected chi connectivity index (χ1v) is 11.4. The summed E-state index contributed by atoms with van der Waals surface area (Å²) in [7, 11) is 0. The molecule has 0 radical (unpaired) electrons. The maximum Gasteiger partial charge on any atom is 0.0962 e. The van der Waals surface area contributed by atoms with Gasteiger partial charge in [0, 0.05) is 35.3 Å². The molecule has 1 aliphatic heterocycles. The van der Waals surface area contributed by atoms with Crippen LogP contribution < -0.4 is 5.32 Å². The van der Waals surface area contributed by atoms with Crippen LogP contribution in [0.4, 0.5) is 0 Å². The second-order valence-electron chi connectivity index (χ2n) is 8.01. The Morgan fingerprint density at radius 2 is 2.03 bits per heavy atom. The summed E-state index contributed by atoms with van der Waals surface area (Å²) in [6.45, 7) is 1.89. The summed E-state index contributed by atoms with van der Waals surface area (Å²) in [6.07, 6.45) is 10.1. The molecule has 1 aromatic carbocycles. The monoisotopic (exact) mass is 488 g/mol. The number of benzene rings is 1. The Kier molecular flexibility index (Phi) is 8.04. The fraction of sp³-hybridized carbons (Fsp3) is 0.524. The van der Waals surface area contributed by atoms with Crippen molar-refractivity contribution in [1.29, 1.82) is 0 Å². The Labute approximate surface area is 198 Å². The Balaban J connectivity index is 0.00000128. The summed E-state index contributed by atoms with van der Waals surface area (Å²) in [5, 5.41) is 15.6. The van der Waals surface area contributed by atoms with E-state index in [-0.39, 0.29) is 37.0 Å². The van der Waals surface area contributed by atoms with E-state index in [0.29, 0.717) is 10.9 Å². The highest BCUT2D eigenvalue weighted by atomic mass is 35.5. The molecule has 0 spiro atoms. The number of nitrogens with zero attached hydrogens (tertiary/aromatic N) is 3. The highest BCUT2D eigenvalue weighted by Gasteiger charge is 2.27. The van der Waals surface area contributed by atoms with Gasteiger partial charge in [0.25, 0.3) is 0 Å². The second kappa shape index (κ2) is 10.2. The van der Waals surface area contributed by atoms with Gasteiger partial charge in [0.05, 0.1) is 33.3 Å². The van der Waals surface area contributed by atoms with Crippen LogP contribution in [-0.4, -0.2) is 38.3 Å². The number of fused-ring (bicyclic) bond motifs is 1. The molecule has 2 N–H and O–H groups in total. The van der Waals surface area contributed by atoms with Gasteiger partial charge in [-0.1, -0.05) is 11.6 Å². The molecule has 0 unspecified atom stereocenters. The first kappa shape index (κ1) is 23.8. The van der Waals surface area contributed by atoms with E-state index in [2.05, 4.69) is 19.9 Å². The Morgan fingerprint density at radius 1 is 1.20 bits per heavy atom. The first-order valence-electron chi connectivity index (χ1n) is 10.2. The molecular formula is C21H27Cl3N4OS. The fourth-order valence-corrected chi connectivity index (χ4v) is 5.49. The summed E-state index contributed by atoms with van der Waals surface area (Å²) < 4.78 is 2.23. The minimum Gasteiger partial charge on any atom is -0.392 e. The number of piperidine rings is 1. The zero-order valence-corrected chi connectivity index (χ0v) is 19.8. The molecule has 9 heteroatoms. The number of aryl methyl sites for hydroxylation is 1. The van der Waals surface area contributed by atoms with Crippen molar-refractivity contribution in [3.8, 4) is 10.4 Å². The molecule has 1 aliphatic carbocycles. The molecule has 5 nitrogen and oxygen atoms in total. The van der Waals surface area contributed by atoms with Gasteiger partial charge < -0.3 is 15.0 Å². The van der Waals surface area contributed by atoms with E-state index in [1.54, 1.807) is 11.3 Å². The summed E-state index contributed by atoms with van der Waals surface area (Å²) in [5.74, 6) is 0.660. The quantitative estimate of drug-likeness (QED) is 0.485. The molecule has 0 bridgehead atoms. The van der Waals surface area contributed by atoms with Gasteiger partial charge in [-0.2, -0.15) is 0 Å². The van der Waals surface area contributed by atoms with Crippen molar-refractivity contribution in [1.82, 2.24) is 19.9 Å². The van der Waals surface area contributed by atoms with Crippen molar-refractivity contribution >= 4 is 58.8 Å². The number of aliphatic hydroxyl groups is 1. The maximum absolute atomic E-state index is 10.2. The third-order valence-electron chi connectivity index (χ3n) is 5.86. The highest BCUT2D eigenvalue weighted by Crippen LogP contribution is 2.44. The van der Waals surface area contributed by atoms with Gasteiger partial charge in [-0.25, -0.2) is 9.97 Å². The Morgan fingerprint density at radius 3 is 2.80 bits per heavy atom. The van der Waals surface area contributed by atoms with E-state index in [1.165, 1.54) is 22.7 Å². The molecule has 2 fully saturated rings. The van der Waals surface area contributed by atoms with Crippen LogP contribution in [0.25, 0.3) is 21.5 Å². The second-order valence-corrected chi connectivity index (χ2v) is 9.51. The van der Waals surface area contributed by atoms with Gasteiger partial charge in [0.1, 0.15) is 0 Å². The van der Waals surface area contributed by atoms with Crippen LogP contribution in [0.15, 0.2) is 24.7 Å². The summed E-state index contributed by atoms with van der Waals surface area (Å²) in [6, 6.07) is 4.19. The average Bonchev–Trinajstić information content (AvgIpc) is 3.28. The zero-order valence-electron chi connectivity index (χ0n) is 16.6. The number of hydrogen-bond donors (Lipinski definition) is 2. The lowest BCUT2D eigenvalue weighted by Gasteiger charge is -2.29. The van der Waals surface area contributed by atoms with Crippen molar-refractivity contribution in [3.63, 3.8) is 0 Å². The summed E-state index contributed by atoms with van der Waals surface area (Å²) in [4.78, 5) is 10.4. The van der Waals surface area contributed by atoms with Gasteiger partial charge in [0.2, 0.25) is 0 Å². The molecule has 2 atom stereocenters. The Bertz CT molecular complexity index is 988. The number of halogens is 3. The van der Waals surface area contributed by atoms with Crippen LogP contribution in [-0.2, 0) is 6.54 Å². The smallest absolute Gasteiger partial charge is 0.0962 e. The van der Waals surface area contributed by atoms with Gasteiger partial charge in [-0.05, 0) is 57.2 Å². The van der Waals surface area contributed by atoms with Crippen LogP contribution in [0.3, 0.4) is 0 Å². The minimum absolute atomic E-state index is 0. The molecule has 5 rings (SSSR count). The number of rotatable bonds is 6. The van der Waals surface area contributed by atoms with Crippen LogP contribution >= 0.6 is 47.8 Å². The number of thiazole rings is 1. The molecule has 2 aliphatic rings. The maximum atomic E-state index is 10.2. The van der Waals surface area contributed by atoms with Crippen molar-refractivity contribution in [3.05, 3.63) is 34.7 Å². The third kappa shape index (κ3) is 4.95. The number of aromatic nitrogens is 3. The molecular weight excluding hydrogens is 463 g/mol. The largest absolute Gasteiger partial charge is 0.392 e. The van der Waals surface area contributed by atoms with Crippen LogP contribution in [0.5, 0.6) is 0 Å². The standard InChI is InChI=1S/C21H25ClN4OS.2ClH/c22-14-9-15(19-11-24-21(28-19)13-5-6-13)20-17(10-14)25-12-26(20)8-2-3-16-18(27)4-1-7-23-16;;/h9-13,16,18,23,27H,1-8H2;2*1H/t16-,18+;;/m1../s1. The highest BCUT2D eigenvalue weighted by molar-refractivity contribution is 7.15. The molecule has 3 heterocycles. The lowest BCUT2D eigenvalue weighted by Crippen LogP contribution is -2.44. The van der Waals surface area contributed by atoms with E-state index in [9.17, 15) is 5.11 Å². The SMILES string of the molecule is Cl.Cl.O[C@H]1CCCN[C@@H]1CCCn1cnc2cc(Cl)cc(-c3cnc(C4CC4)s3)c21. The van der Waals surface area contributed by atoms with Gasteiger partial charge in [-0.15, -0.1) is 36.2 Å². The van der Waals surface area contributed by atoms with Crippen molar-refractivity contribution < 1.29 is 5.11 Å².